The molecular formula is C15H17N3. The number of pyridine rings is 2. The standard InChI is InChI=1S/C15H17N3/c1-10-7-9-18-15(16)13(10)12-6-2-4-11-5-3-8-17-14(11)12/h3,5,7-9,12H,2,4,6H2,1H3,(H2,16,18). The fraction of sp³-hybridized carbons (Fsp3) is 0.333. The quantitative estimate of drug-likeness (QED) is 0.832. The van der Waals surface area contributed by atoms with E-state index in [1.54, 1.807) is 6.20 Å². The summed E-state index contributed by atoms with van der Waals surface area (Å²) in [4.78, 5) is 8.81. The molecule has 92 valence electrons. The summed E-state index contributed by atoms with van der Waals surface area (Å²) in [6.07, 6.45) is 7.08. The number of nitrogens with zero attached hydrogens (tertiary/aromatic N) is 2. The molecule has 0 bridgehead atoms. The number of aryl methyl sites for hydroxylation is 2. The molecule has 0 saturated heterocycles. The first-order chi connectivity index (χ1) is 8.77. The van der Waals surface area contributed by atoms with Crippen LogP contribution in [0.15, 0.2) is 30.6 Å². The Morgan fingerprint density at radius 1 is 1.22 bits per heavy atom. The van der Waals surface area contributed by atoms with Gasteiger partial charge in [0.05, 0.1) is 5.69 Å². The Bertz CT molecular complexity index is 557. The number of anilines is 1. The van der Waals surface area contributed by atoms with Crippen molar-refractivity contribution in [2.45, 2.75) is 32.1 Å². The van der Waals surface area contributed by atoms with Crippen LogP contribution >= 0.6 is 0 Å². The van der Waals surface area contributed by atoms with E-state index >= 15 is 0 Å². The largest absolute Gasteiger partial charge is 0.383 e. The average molecular weight is 239 g/mol. The van der Waals surface area contributed by atoms with Gasteiger partial charge in [0, 0.05) is 23.9 Å². The third kappa shape index (κ3) is 1.76. The van der Waals surface area contributed by atoms with Gasteiger partial charge in [-0.05, 0) is 49.4 Å². The molecule has 3 nitrogen and oxygen atoms in total. The molecule has 0 amide bonds. The van der Waals surface area contributed by atoms with E-state index in [4.69, 9.17) is 5.73 Å². The molecule has 1 atom stereocenters. The lowest BCUT2D eigenvalue weighted by molar-refractivity contribution is 0.596. The number of nitrogen functional groups attached to an aromatic ring is 1. The summed E-state index contributed by atoms with van der Waals surface area (Å²) in [7, 11) is 0. The summed E-state index contributed by atoms with van der Waals surface area (Å²) in [6, 6.07) is 6.22. The van der Waals surface area contributed by atoms with Crippen LogP contribution in [-0.4, -0.2) is 9.97 Å². The van der Waals surface area contributed by atoms with Gasteiger partial charge in [0.2, 0.25) is 0 Å². The van der Waals surface area contributed by atoms with Gasteiger partial charge in [-0.25, -0.2) is 4.98 Å². The number of hydrogen-bond acceptors (Lipinski definition) is 3. The summed E-state index contributed by atoms with van der Waals surface area (Å²) in [5.41, 5.74) is 11.0. The SMILES string of the molecule is Cc1ccnc(N)c1C1CCCc2cccnc21. The molecule has 1 aliphatic rings. The van der Waals surface area contributed by atoms with Crippen molar-refractivity contribution in [3.05, 3.63) is 53.0 Å². The van der Waals surface area contributed by atoms with Crippen molar-refractivity contribution in [1.82, 2.24) is 9.97 Å². The van der Waals surface area contributed by atoms with Gasteiger partial charge in [-0.2, -0.15) is 0 Å². The molecule has 2 N–H and O–H groups in total. The van der Waals surface area contributed by atoms with Crippen molar-refractivity contribution in [2.24, 2.45) is 0 Å². The van der Waals surface area contributed by atoms with E-state index < -0.39 is 0 Å². The van der Waals surface area contributed by atoms with Crippen molar-refractivity contribution in [3.8, 4) is 0 Å². The van der Waals surface area contributed by atoms with E-state index in [0.29, 0.717) is 11.7 Å². The molecule has 0 saturated carbocycles. The Hall–Kier alpha value is -1.90. The highest BCUT2D eigenvalue weighted by Gasteiger charge is 2.26. The van der Waals surface area contributed by atoms with Gasteiger partial charge >= 0.3 is 0 Å². The van der Waals surface area contributed by atoms with Gasteiger partial charge < -0.3 is 5.73 Å². The molecule has 2 aromatic rings. The molecule has 2 heterocycles. The zero-order valence-corrected chi connectivity index (χ0v) is 10.6. The second kappa shape index (κ2) is 4.41. The molecular weight excluding hydrogens is 222 g/mol. The fourth-order valence-corrected chi connectivity index (χ4v) is 2.93. The first-order valence-corrected chi connectivity index (χ1v) is 6.42. The maximum absolute atomic E-state index is 6.07. The van der Waals surface area contributed by atoms with Gasteiger partial charge in [-0.15, -0.1) is 0 Å². The van der Waals surface area contributed by atoms with Gasteiger partial charge in [0.1, 0.15) is 5.82 Å². The van der Waals surface area contributed by atoms with Crippen LogP contribution in [0.3, 0.4) is 0 Å². The minimum atomic E-state index is 0.309. The third-order valence-electron chi connectivity index (χ3n) is 3.78. The van der Waals surface area contributed by atoms with Crippen molar-refractivity contribution < 1.29 is 0 Å². The van der Waals surface area contributed by atoms with E-state index in [-0.39, 0.29) is 0 Å². The van der Waals surface area contributed by atoms with E-state index in [1.165, 1.54) is 23.2 Å². The minimum absolute atomic E-state index is 0.309. The Labute approximate surface area is 107 Å². The topological polar surface area (TPSA) is 51.8 Å². The van der Waals surface area contributed by atoms with Crippen LogP contribution in [0.2, 0.25) is 0 Å². The number of hydrogen-bond donors (Lipinski definition) is 1. The lowest BCUT2D eigenvalue weighted by Gasteiger charge is -2.26. The minimum Gasteiger partial charge on any atom is -0.383 e. The number of fused-ring (bicyclic) bond motifs is 1. The molecule has 0 fully saturated rings. The monoisotopic (exact) mass is 239 g/mol. The molecule has 0 aliphatic heterocycles. The molecule has 0 radical (unpaired) electrons. The molecule has 0 spiro atoms. The first-order valence-electron chi connectivity index (χ1n) is 6.42. The molecule has 3 heteroatoms. The van der Waals surface area contributed by atoms with Crippen LogP contribution < -0.4 is 5.73 Å². The van der Waals surface area contributed by atoms with Crippen LogP contribution in [0, 0.1) is 6.92 Å². The normalized spacial score (nSPS) is 18.4. The highest BCUT2D eigenvalue weighted by molar-refractivity contribution is 5.50. The van der Waals surface area contributed by atoms with Gasteiger partial charge in [0.15, 0.2) is 0 Å². The maximum atomic E-state index is 6.07. The number of aromatic nitrogens is 2. The van der Waals surface area contributed by atoms with Gasteiger partial charge in [0.25, 0.3) is 0 Å². The van der Waals surface area contributed by atoms with Crippen molar-refractivity contribution in [3.63, 3.8) is 0 Å². The van der Waals surface area contributed by atoms with Crippen molar-refractivity contribution in [2.75, 3.05) is 5.73 Å². The predicted molar refractivity (Wildman–Crippen MR) is 72.4 cm³/mol. The second-order valence-electron chi connectivity index (χ2n) is 4.92. The summed E-state index contributed by atoms with van der Waals surface area (Å²) in [5.74, 6) is 0.960. The first kappa shape index (κ1) is 11.2. The molecule has 3 rings (SSSR count). The number of nitrogens with two attached hydrogens (primary N) is 1. The fourth-order valence-electron chi connectivity index (χ4n) is 2.93. The van der Waals surface area contributed by atoms with Crippen LogP contribution in [0.25, 0.3) is 0 Å². The Kier molecular flexibility index (Phi) is 2.74. The molecule has 0 aromatic carbocycles. The average Bonchev–Trinajstić information content (AvgIpc) is 2.39. The van der Waals surface area contributed by atoms with Gasteiger partial charge in [-0.3, -0.25) is 4.98 Å². The van der Waals surface area contributed by atoms with E-state index in [9.17, 15) is 0 Å². The van der Waals surface area contributed by atoms with Crippen LogP contribution in [0.4, 0.5) is 5.82 Å². The zero-order valence-electron chi connectivity index (χ0n) is 10.6. The Morgan fingerprint density at radius 2 is 2.11 bits per heavy atom. The lowest BCUT2D eigenvalue weighted by Crippen LogP contribution is -2.16. The predicted octanol–water partition coefficient (Wildman–Crippen LogP) is 2.84. The molecule has 1 unspecified atom stereocenters. The maximum Gasteiger partial charge on any atom is 0.127 e. The van der Waals surface area contributed by atoms with E-state index in [0.717, 1.165) is 18.4 Å². The van der Waals surface area contributed by atoms with E-state index in [2.05, 4.69) is 23.0 Å². The summed E-state index contributed by atoms with van der Waals surface area (Å²) >= 11 is 0. The molecule has 18 heavy (non-hydrogen) atoms. The smallest absolute Gasteiger partial charge is 0.127 e. The summed E-state index contributed by atoms with van der Waals surface area (Å²) < 4.78 is 0. The highest BCUT2D eigenvalue weighted by Crippen LogP contribution is 2.38. The van der Waals surface area contributed by atoms with Crippen LogP contribution in [-0.2, 0) is 6.42 Å². The van der Waals surface area contributed by atoms with Crippen LogP contribution in [0.5, 0.6) is 0 Å². The zero-order chi connectivity index (χ0) is 12.5. The molecule has 1 aliphatic carbocycles. The van der Waals surface area contributed by atoms with Crippen LogP contribution in [0.1, 0.15) is 41.1 Å². The second-order valence-corrected chi connectivity index (χ2v) is 4.92. The van der Waals surface area contributed by atoms with E-state index in [1.807, 2.05) is 18.3 Å². The summed E-state index contributed by atoms with van der Waals surface area (Å²) in [6.45, 7) is 2.10. The molecule has 2 aromatic heterocycles. The third-order valence-corrected chi connectivity index (χ3v) is 3.78. The van der Waals surface area contributed by atoms with Crippen molar-refractivity contribution >= 4 is 5.82 Å². The number of rotatable bonds is 1. The lowest BCUT2D eigenvalue weighted by atomic mass is 9.81. The van der Waals surface area contributed by atoms with Crippen molar-refractivity contribution in [1.29, 1.82) is 0 Å². The Balaban J connectivity index is 2.14. The summed E-state index contributed by atoms with van der Waals surface area (Å²) in [5, 5.41) is 0. The highest BCUT2D eigenvalue weighted by atomic mass is 14.8. The Morgan fingerprint density at radius 3 is 2.94 bits per heavy atom. The van der Waals surface area contributed by atoms with Gasteiger partial charge in [-0.1, -0.05) is 6.07 Å².